The standard InChI is InChI=1S/C16H26N4O5/c1-9(2)20(10(3)4)8-17-12-5-6-19(16(24)18-12)15-14(23)13(22)11(7-21)25-15/h5-6,8-11,13-15,21-23H,7H2,1-4H3/b17-8+/t11-,13+,14?,15-/m1/s1. The van der Waals surface area contributed by atoms with E-state index in [1.807, 2.05) is 32.6 Å². The first-order valence-corrected chi connectivity index (χ1v) is 8.29. The van der Waals surface area contributed by atoms with Crippen LogP contribution in [0.3, 0.4) is 0 Å². The summed E-state index contributed by atoms with van der Waals surface area (Å²) in [5.74, 6) is 0.235. The molecule has 0 radical (unpaired) electrons. The molecule has 0 bridgehead atoms. The van der Waals surface area contributed by atoms with Crippen LogP contribution in [0, 0.1) is 0 Å². The molecule has 0 saturated carbocycles. The van der Waals surface area contributed by atoms with Crippen molar-refractivity contribution in [1.82, 2.24) is 14.5 Å². The second-order valence-electron chi connectivity index (χ2n) is 6.58. The Hall–Kier alpha value is -1.81. The van der Waals surface area contributed by atoms with Crippen LogP contribution in [0.2, 0.25) is 0 Å². The highest BCUT2D eigenvalue weighted by Gasteiger charge is 2.43. The molecule has 1 aliphatic heterocycles. The van der Waals surface area contributed by atoms with Crippen molar-refractivity contribution in [2.75, 3.05) is 6.61 Å². The van der Waals surface area contributed by atoms with Gasteiger partial charge in [-0.1, -0.05) is 0 Å². The normalized spacial score (nSPS) is 26.9. The summed E-state index contributed by atoms with van der Waals surface area (Å²) < 4.78 is 6.40. The summed E-state index contributed by atoms with van der Waals surface area (Å²) in [5.41, 5.74) is -0.662. The first-order valence-electron chi connectivity index (χ1n) is 8.29. The van der Waals surface area contributed by atoms with Gasteiger partial charge in [0, 0.05) is 18.3 Å². The van der Waals surface area contributed by atoms with Crippen LogP contribution in [-0.4, -0.2) is 73.1 Å². The van der Waals surface area contributed by atoms with Crippen LogP contribution in [0.1, 0.15) is 33.9 Å². The van der Waals surface area contributed by atoms with Crippen molar-refractivity contribution in [3.8, 4) is 0 Å². The highest BCUT2D eigenvalue weighted by Crippen LogP contribution is 2.28. The Morgan fingerprint density at radius 1 is 1.32 bits per heavy atom. The van der Waals surface area contributed by atoms with Gasteiger partial charge in [0.05, 0.1) is 12.9 Å². The summed E-state index contributed by atoms with van der Waals surface area (Å²) in [6.45, 7) is 7.70. The Bertz CT molecular complexity index is 652. The topological polar surface area (TPSA) is 120 Å². The molecule has 9 nitrogen and oxygen atoms in total. The van der Waals surface area contributed by atoms with E-state index in [1.54, 1.807) is 6.34 Å². The lowest BCUT2D eigenvalue weighted by Gasteiger charge is -2.28. The lowest BCUT2D eigenvalue weighted by Crippen LogP contribution is -2.36. The van der Waals surface area contributed by atoms with E-state index in [1.165, 1.54) is 12.3 Å². The van der Waals surface area contributed by atoms with Crippen LogP contribution in [0.25, 0.3) is 0 Å². The predicted octanol–water partition coefficient (Wildman–Crippen LogP) is -0.367. The predicted molar refractivity (Wildman–Crippen MR) is 91.8 cm³/mol. The largest absolute Gasteiger partial charge is 0.394 e. The number of hydrogen-bond acceptors (Lipinski definition) is 7. The summed E-state index contributed by atoms with van der Waals surface area (Å²) in [6, 6.07) is 2.02. The van der Waals surface area contributed by atoms with Crippen molar-refractivity contribution in [1.29, 1.82) is 0 Å². The van der Waals surface area contributed by atoms with E-state index in [-0.39, 0.29) is 17.9 Å². The summed E-state index contributed by atoms with van der Waals surface area (Å²) in [7, 11) is 0. The minimum Gasteiger partial charge on any atom is -0.394 e. The molecule has 0 aromatic carbocycles. The average Bonchev–Trinajstić information content (AvgIpc) is 2.82. The maximum Gasteiger partial charge on any atom is 0.351 e. The van der Waals surface area contributed by atoms with Gasteiger partial charge in [-0.3, -0.25) is 4.57 Å². The first kappa shape index (κ1) is 19.5. The fourth-order valence-electron chi connectivity index (χ4n) is 2.77. The summed E-state index contributed by atoms with van der Waals surface area (Å²) in [6.07, 6.45) is -1.61. The van der Waals surface area contributed by atoms with Gasteiger partial charge in [-0.15, -0.1) is 0 Å². The molecule has 140 valence electrons. The van der Waals surface area contributed by atoms with Gasteiger partial charge >= 0.3 is 5.69 Å². The van der Waals surface area contributed by atoms with E-state index in [2.05, 4.69) is 9.98 Å². The van der Waals surface area contributed by atoms with E-state index >= 15 is 0 Å². The number of hydrogen-bond donors (Lipinski definition) is 3. The molecule has 1 aromatic heterocycles. The lowest BCUT2D eigenvalue weighted by atomic mass is 10.1. The Balaban J connectivity index is 2.20. The molecule has 1 saturated heterocycles. The van der Waals surface area contributed by atoms with Crippen LogP contribution in [0.5, 0.6) is 0 Å². The third kappa shape index (κ3) is 4.24. The van der Waals surface area contributed by atoms with Gasteiger partial charge in [0.1, 0.15) is 18.3 Å². The van der Waals surface area contributed by atoms with Crippen LogP contribution in [-0.2, 0) is 4.74 Å². The van der Waals surface area contributed by atoms with E-state index in [9.17, 15) is 15.0 Å². The number of aromatic nitrogens is 2. The number of aliphatic hydroxyl groups excluding tert-OH is 3. The van der Waals surface area contributed by atoms with Gasteiger partial charge < -0.3 is 25.0 Å². The van der Waals surface area contributed by atoms with Gasteiger partial charge in [-0.05, 0) is 33.8 Å². The van der Waals surface area contributed by atoms with E-state index in [0.29, 0.717) is 0 Å². The molecule has 4 atom stereocenters. The molecule has 3 N–H and O–H groups in total. The van der Waals surface area contributed by atoms with Crippen molar-refractivity contribution in [3.63, 3.8) is 0 Å². The van der Waals surface area contributed by atoms with Crippen molar-refractivity contribution >= 4 is 12.2 Å². The molecule has 0 spiro atoms. The maximum absolute atomic E-state index is 12.2. The monoisotopic (exact) mass is 354 g/mol. The molecule has 9 heteroatoms. The van der Waals surface area contributed by atoms with Crippen molar-refractivity contribution < 1.29 is 20.1 Å². The van der Waals surface area contributed by atoms with E-state index in [0.717, 1.165) is 4.57 Å². The zero-order chi connectivity index (χ0) is 18.7. The molecule has 25 heavy (non-hydrogen) atoms. The lowest BCUT2D eigenvalue weighted by molar-refractivity contribution is -0.0549. The molecule has 1 fully saturated rings. The first-order chi connectivity index (χ1) is 11.8. The SMILES string of the molecule is CC(C)N(/C=N/c1ccn([C@@H]2O[C@H](CO)[C@H](O)C2O)c(=O)n1)C(C)C. The fourth-order valence-corrected chi connectivity index (χ4v) is 2.77. The van der Waals surface area contributed by atoms with Gasteiger partial charge in [0.25, 0.3) is 0 Å². The molecule has 0 aliphatic carbocycles. The zero-order valence-corrected chi connectivity index (χ0v) is 14.9. The third-order valence-corrected chi connectivity index (χ3v) is 4.12. The quantitative estimate of drug-likeness (QED) is 0.471. The second-order valence-corrected chi connectivity index (χ2v) is 6.58. The molecule has 2 rings (SSSR count). The molecular formula is C16H26N4O5. The Morgan fingerprint density at radius 2 is 1.96 bits per heavy atom. The third-order valence-electron chi connectivity index (χ3n) is 4.12. The molecular weight excluding hydrogens is 328 g/mol. The van der Waals surface area contributed by atoms with Gasteiger partial charge in [-0.2, -0.15) is 4.98 Å². The second kappa shape index (κ2) is 8.05. The van der Waals surface area contributed by atoms with Gasteiger partial charge in [0.2, 0.25) is 0 Å². The average molecular weight is 354 g/mol. The number of nitrogens with zero attached hydrogens (tertiary/aromatic N) is 4. The van der Waals surface area contributed by atoms with E-state index < -0.39 is 36.8 Å². The highest BCUT2D eigenvalue weighted by molar-refractivity contribution is 5.60. The number of aliphatic imine (C=N–C) groups is 1. The Kier molecular flexibility index (Phi) is 6.28. The number of rotatable bonds is 6. The fraction of sp³-hybridized carbons (Fsp3) is 0.688. The molecule has 1 unspecified atom stereocenters. The summed E-state index contributed by atoms with van der Waals surface area (Å²) in [5, 5.41) is 28.9. The van der Waals surface area contributed by atoms with Crippen molar-refractivity contribution in [3.05, 3.63) is 22.7 Å². The minimum absolute atomic E-state index is 0.235. The van der Waals surface area contributed by atoms with E-state index in [4.69, 9.17) is 9.84 Å². The number of aliphatic hydroxyl groups is 3. The maximum atomic E-state index is 12.2. The highest BCUT2D eigenvalue weighted by atomic mass is 16.6. The van der Waals surface area contributed by atoms with Crippen LogP contribution in [0.15, 0.2) is 22.1 Å². The number of ether oxygens (including phenoxy) is 1. The molecule has 0 amide bonds. The minimum atomic E-state index is -1.33. The Labute approximate surface area is 146 Å². The molecule has 2 heterocycles. The summed E-state index contributed by atoms with van der Waals surface area (Å²) >= 11 is 0. The zero-order valence-electron chi connectivity index (χ0n) is 14.9. The van der Waals surface area contributed by atoms with Crippen LogP contribution >= 0.6 is 0 Å². The smallest absolute Gasteiger partial charge is 0.351 e. The Morgan fingerprint density at radius 3 is 2.44 bits per heavy atom. The summed E-state index contributed by atoms with van der Waals surface area (Å²) in [4.78, 5) is 22.3. The van der Waals surface area contributed by atoms with Gasteiger partial charge in [0.15, 0.2) is 12.0 Å². The van der Waals surface area contributed by atoms with Crippen molar-refractivity contribution in [2.24, 2.45) is 4.99 Å². The van der Waals surface area contributed by atoms with Gasteiger partial charge in [-0.25, -0.2) is 9.79 Å². The van der Waals surface area contributed by atoms with Crippen LogP contribution < -0.4 is 5.69 Å². The molecule has 1 aromatic rings. The molecule has 1 aliphatic rings. The van der Waals surface area contributed by atoms with Crippen LogP contribution in [0.4, 0.5) is 5.82 Å². The van der Waals surface area contributed by atoms with Crippen molar-refractivity contribution in [2.45, 2.75) is 64.3 Å².